The van der Waals surface area contributed by atoms with Gasteiger partial charge in [-0.25, -0.2) is 0 Å². The quantitative estimate of drug-likeness (QED) is 0.0734. The van der Waals surface area contributed by atoms with Crippen molar-refractivity contribution < 1.29 is 63.6 Å². The summed E-state index contributed by atoms with van der Waals surface area (Å²) < 4.78 is 28.2. The summed E-state index contributed by atoms with van der Waals surface area (Å²) in [6.45, 7) is 11.8. The summed E-state index contributed by atoms with van der Waals surface area (Å²) in [5, 5.41) is 53.5. The summed E-state index contributed by atoms with van der Waals surface area (Å²) in [6.07, 6.45) is 17.1. The summed E-state index contributed by atoms with van der Waals surface area (Å²) in [5.41, 5.74) is 1.59. The van der Waals surface area contributed by atoms with Crippen molar-refractivity contribution in [2.45, 2.75) is 129 Å². The van der Waals surface area contributed by atoms with E-state index in [-0.39, 0.29) is 18.6 Å². The van der Waals surface area contributed by atoms with Crippen LogP contribution in [0.1, 0.15) is 61.3 Å². The van der Waals surface area contributed by atoms with Crippen LogP contribution >= 0.6 is 0 Å². The largest absolute Gasteiger partial charge is 0.461 e. The molecule has 2 aliphatic heterocycles. The molecule has 2 heterocycles. The van der Waals surface area contributed by atoms with E-state index in [1.54, 1.807) is 121 Å². The van der Waals surface area contributed by atoms with Gasteiger partial charge in [-0.15, -0.1) is 0 Å². The van der Waals surface area contributed by atoms with Gasteiger partial charge in [-0.1, -0.05) is 104 Å². The van der Waals surface area contributed by atoms with Crippen molar-refractivity contribution in [3.63, 3.8) is 0 Å². The van der Waals surface area contributed by atoms with E-state index in [4.69, 9.17) is 23.7 Å². The molecule has 13 nitrogen and oxygen atoms in total. The minimum absolute atomic E-state index is 0.130. The van der Waals surface area contributed by atoms with E-state index in [0.29, 0.717) is 16.7 Å². The zero-order valence-corrected chi connectivity index (χ0v) is 36.2. The van der Waals surface area contributed by atoms with Gasteiger partial charge in [0.2, 0.25) is 0 Å². The third-order valence-electron chi connectivity index (χ3n) is 10.4. The molecule has 0 aromatic rings. The van der Waals surface area contributed by atoms with Crippen LogP contribution in [0.25, 0.3) is 0 Å². The number of carbonyl (C=O) groups excluding carboxylic acids is 3. The number of esters is 1. The van der Waals surface area contributed by atoms with Crippen LogP contribution in [0.4, 0.5) is 0 Å². The van der Waals surface area contributed by atoms with E-state index in [0.717, 1.165) is 0 Å². The number of hydrogen-bond acceptors (Lipinski definition) is 13. The SMILES string of the molecule is COC1C(C)OC(OC(C)C(O)C=CC=CC=CC(=O)C(C)C(O)C(C)C2CC=CC=CC=CC(O)C(=O)C(C)=CC=CC(C)=CC(O)C(C)=CCC(=O)O2)C(OC)C1O. The number of aliphatic hydroxyl groups excluding tert-OH is 5. The maximum Gasteiger partial charge on any atom is 0.309 e. The Bertz CT molecular complexity index is 1700. The molecule has 0 radical (unpaired) electrons. The van der Waals surface area contributed by atoms with Crippen molar-refractivity contribution in [3.05, 3.63) is 120 Å². The van der Waals surface area contributed by atoms with Crippen LogP contribution < -0.4 is 0 Å². The number of cyclic esters (lactones) is 1. The Hall–Kier alpha value is -4.15. The molecule has 1 fully saturated rings. The maximum atomic E-state index is 13.1. The van der Waals surface area contributed by atoms with Crippen LogP contribution in [0.2, 0.25) is 0 Å². The zero-order valence-electron chi connectivity index (χ0n) is 36.2. The Labute approximate surface area is 355 Å². The average Bonchev–Trinajstić information content (AvgIpc) is 3.21. The number of rotatable bonds is 13. The highest BCUT2D eigenvalue weighted by Crippen LogP contribution is 2.27. The van der Waals surface area contributed by atoms with Gasteiger partial charge in [0.25, 0.3) is 0 Å². The highest BCUT2D eigenvalue weighted by Gasteiger charge is 2.45. The lowest BCUT2D eigenvalue weighted by Gasteiger charge is -2.43. The third kappa shape index (κ3) is 17.1. The summed E-state index contributed by atoms with van der Waals surface area (Å²) in [5.74, 6) is -2.90. The molecule has 0 aromatic carbocycles. The second-order valence-corrected chi connectivity index (χ2v) is 15.1. The Kier molecular flexibility index (Phi) is 23.3. The first-order valence-corrected chi connectivity index (χ1v) is 20.2. The van der Waals surface area contributed by atoms with Gasteiger partial charge in [-0.3, -0.25) is 14.4 Å². The Morgan fingerprint density at radius 2 is 1.55 bits per heavy atom. The predicted molar refractivity (Wildman–Crippen MR) is 229 cm³/mol. The van der Waals surface area contributed by atoms with Crippen LogP contribution in [-0.2, 0) is 38.1 Å². The van der Waals surface area contributed by atoms with Gasteiger partial charge < -0.3 is 49.2 Å². The fourth-order valence-corrected chi connectivity index (χ4v) is 6.31. The van der Waals surface area contributed by atoms with E-state index in [1.807, 2.05) is 0 Å². The fraction of sp³-hybridized carbons (Fsp3) is 0.511. The first-order chi connectivity index (χ1) is 28.4. The van der Waals surface area contributed by atoms with E-state index >= 15 is 0 Å². The van der Waals surface area contributed by atoms with Crippen LogP contribution in [0.3, 0.4) is 0 Å². The number of carbonyl (C=O) groups is 3. The van der Waals surface area contributed by atoms with Crippen LogP contribution in [0.15, 0.2) is 120 Å². The number of Topliss-reactive ketones (excluding diaryl/α,β-unsaturated/α-hetero) is 1. The number of ether oxygens (including phenoxy) is 5. The molecule has 2 aliphatic rings. The minimum atomic E-state index is -1.33. The predicted octanol–water partition coefficient (Wildman–Crippen LogP) is 4.82. The standard InChI is InChI=1S/C47H66O13/c1-29-20-19-21-31(3)42(53)38(50)24-17-11-10-12-18-25-40(60-41(52)27-26-30(2)39(51)28-29)33(5)43(54)32(4)36(48)22-15-13-14-16-23-37(49)34(6)58-47-46(57-9)44(55)45(56-8)35(7)59-47/h10-24,26,28,32-35,37-40,43-47,49-51,54-55H,25,27H2,1-9H3. The molecule has 5 N–H and O–H groups in total. The van der Waals surface area contributed by atoms with Crippen molar-refractivity contribution in [1.82, 2.24) is 0 Å². The Morgan fingerprint density at radius 3 is 2.23 bits per heavy atom. The molecular weight excluding hydrogens is 773 g/mol. The number of aliphatic hydroxyl groups is 5. The minimum Gasteiger partial charge on any atom is -0.461 e. The van der Waals surface area contributed by atoms with Gasteiger partial charge in [0.15, 0.2) is 17.9 Å². The first-order valence-electron chi connectivity index (χ1n) is 20.2. The van der Waals surface area contributed by atoms with Crippen molar-refractivity contribution in [2.75, 3.05) is 14.2 Å². The Balaban J connectivity index is 2.11. The van der Waals surface area contributed by atoms with E-state index < -0.39 is 90.9 Å². The van der Waals surface area contributed by atoms with Crippen LogP contribution in [0, 0.1) is 11.8 Å². The lowest BCUT2D eigenvalue weighted by Crippen LogP contribution is -2.59. The first kappa shape index (κ1) is 52.0. The normalized spacial score (nSPS) is 29.6. The van der Waals surface area contributed by atoms with Crippen molar-refractivity contribution >= 4 is 17.5 Å². The van der Waals surface area contributed by atoms with Crippen LogP contribution in [-0.4, -0.2) is 125 Å². The van der Waals surface area contributed by atoms with E-state index in [2.05, 4.69) is 0 Å². The smallest absolute Gasteiger partial charge is 0.309 e. The molecule has 0 bridgehead atoms. The molecule has 1 saturated heterocycles. The van der Waals surface area contributed by atoms with Gasteiger partial charge in [0.1, 0.15) is 30.5 Å². The summed E-state index contributed by atoms with van der Waals surface area (Å²) in [7, 11) is 2.90. The lowest BCUT2D eigenvalue weighted by atomic mass is 9.85. The molecule has 0 spiro atoms. The van der Waals surface area contributed by atoms with Crippen LogP contribution in [0.5, 0.6) is 0 Å². The molecule has 2 rings (SSSR count). The summed E-state index contributed by atoms with van der Waals surface area (Å²) in [6, 6.07) is 0. The fourth-order valence-electron chi connectivity index (χ4n) is 6.31. The molecule has 13 unspecified atom stereocenters. The van der Waals surface area contributed by atoms with Gasteiger partial charge in [-0.2, -0.15) is 0 Å². The maximum absolute atomic E-state index is 13.1. The summed E-state index contributed by atoms with van der Waals surface area (Å²) in [4.78, 5) is 38.7. The second kappa shape index (κ2) is 26.9. The molecule has 332 valence electrons. The van der Waals surface area contributed by atoms with E-state index in [9.17, 15) is 39.9 Å². The Morgan fingerprint density at radius 1 is 0.883 bits per heavy atom. The van der Waals surface area contributed by atoms with Gasteiger partial charge in [0.05, 0.1) is 36.9 Å². The average molecular weight is 839 g/mol. The molecule has 0 amide bonds. The third-order valence-corrected chi connectivity index (χ3v) is 10.4. The second-order valence-electron chi connectivity index (χ2n) is 15.1. The molecule has 0 aliphatic carbocycles. The van der Waals surface area contributed by atoms with E-state index in [1.165, 1.54) is 44.6 Å². The van der Waals surface area contributed by atoms with Gasteiger partial charge >= 0.3 is 5.97 Å². The number of methoxy groups -OCH3 is 2. The molecule has 0 aromatic heterocycles. The number of allylic oxidation sites excluding steroid dienone is 13. The highest BCUT2D eigenvalue weighted by atomic mass is 16.7. The number of ketones is 2. The topological polar surface area (TPSA) is 199 Å². The van der Waals surface area contributed by atoms with Crippen molar-refractivity contribution in [3.8, 4) is 0 Å². The van der Waals surface area contributed by atoms with Crippen molar-refractivity contribution in [1.29, 1.82) is 0 Å². The highest BCUT2D eigenvalue weighted by molar-refractivity contribution is 5.99. The lowest BCUT2D eigenvalue weighted by molar-refractivity contribution is -0.314. The summed E-state index contributed by atoms with van der Waals surface area (Å²) >= 11 is 0. The molecule has 13 heteroatoms. The molecule has 60 heavy (non-hydrogen) atoms. The van der Waals surface area contributed by atoms with Crippen molar-refractivity contribution in [2.24, 2.45) is 11.8 Å². The molecular formula is C47H66O13. The monoisotopic (exact) mass is 838 g/mol. The van der Waals surface area contributed by atoms with Gasteiger partial charge in [0, 0.05) is 32.5 Å². The van der Waals surface area contributed by atoms with Gasteiger partial charge in [-0.05, 0) is 64.0 Å². The molecule has 0 saturated carbocycles. The number of hydrogen-bond donors (Lipinski definition) is 5. The zero-order chi connectivity index (χ0) is 44.9. The molecule has 13 atom stereocenters.